The van der Waals surface area contributed by atoms with Gasteiger partial charge in [0.1, 0.15) is 5.75 Å². The lowest BCUT2D eigenvalue weighted by Gasteiger charge is -2.12. The van der Waals surface area contributed by atoms with Crippen molar-refractivity contribution < 1.29 is 9.84 Å². The van der Waals surface area contributed by atoms with E-state index < -0.39 is 0 Å². The number of hydrogen-bond acceptors (Lipinski definition) is 4. The number of nitrogens with zero attached hydrogens (tertiary/aromatic N) is 1. The molecular weight excluding hydrogens is 228 g/mol. The van der Waals surface area contributed by atoms with Crippen LogP contribution in [0.3, 0.4) is 0 Å². The monoisotopic (exact) mass is 244 g/mol. The molecule has 0 aliphatic heterocycles. The second-order valence-corrected chi connectivity index (χ2v) is 3.98. The third-order valence-corrected chi connectivity index (χ3v) is 2.80. The molecule has 0 saturated heterocycles. The van der Waals surface area contributed by atoms with Gasteiger partial charge in [0.05, 0.1) is 6.61 Å². The number of hydrogen-bond donors (Lipinski definition) is 2. The number of aliphatic hydroxyl groups excluding tert-OH is 1. The highest BCUT2D eigenvalue weighted by Gasteiger charge is 2.10. The van der Waals surface area contributed by atoms with E-state index in [9.17, 15) is 5.11 Å². The zero-order valence-corrected chi connectivity index (χ0v) is 10.3. The number of para-hydroxylation sites is 1. The molecule has 0 amide bonds. The molecule has 3 N–H and O–H groups in total. The number of aromatic nitrogens is 1. The van der Waals surface area contributed by atoms with Crippen molar-refractivity contribution in [3.8, 4) is 11.6 Å². The van der Waals surface area contributed by atoms with Crippen molar-refractivity contribution in [3.05, 3.63) is 53.2 Å². The van der Waals surface area contributed by atoms with E-state index in [-0.39, 0.29) is 6.61 Å². The van der Waals surface area contributed by atoms with Gasteiger partial charge < -0.3 is 15.6 Å². The summed E-state index contributed by atoms with van der Waals surface area (Å²) >= 11 is 0. The van der Waals surface area contributed by atoms with Gasteiger partial charge >= 0.3 is 0 Å². The Labute approximate surface area is 106 Å². The van der Waals surface area contributed by atoms with Crippen molar-refractivity contribution >= 4 is 0 Å². The second-order valence-electron chi connectivity index (χ2n) is 3.98. The summed E-state index contributed by atoms with van der Waals surface area (Å²) in [7, 11) is 0. The molecule has 0 atom stereocenters. The second kappa shape index (κ2) is 5.62. The van der Waals surface area contributed by atoms with Crippen molar-refractivity contribution in [2.45, 2.75) is 20.1 Å². The number of pyridine rings is 1. The molecule has 0 aliphatic rings. The third kappa shape index (κ3) is 2.50. The van der Waals surface area contributed by atoms with E-state index in [2.05, 4.69) is 4.98 Å². The summed E-state index contributed by atoms with van der Waals surface area (Å²) in [6.07, 6.45) is 1.69. The van der Waals surface area contributed by atoms with Crippen LogP contribution in [0.5, 0.6) is 11.6 Å². The van der Waals surface area contributed by atoms with E-state index >= 15 is 0 Å². The summed E-state index contributed by atoms with van der Waals surface area (Å²) in [4.78, 5) is 4.20. The van der Waals surface area contributed by atoms with Crippen molar-refractivity contribution in [1.29, 1.82) is 0 Å². The summed E-state index contributed by atoms with van der Waals surface area (Å²) in [5.41, 5.74) is 8.36. The minimum absolute atomic E-state index is 0.0695. The molecule has 2 rings (SSSR count). The molecule has 0 aliphatic carbocycles. The van der Waals surface area contributed by atoms with Gasteiger partial charge in [-0.2, -0.15) is 0 Å². The van der Waals surface area contributed by atoms with Crippen LogP contribution >= 0.6 is 0 Å². The molecule has 0 unspecified atom stereocenters. The predicted octanol–water partition coefficient (Wildman–Crippen LogP) is 2.13. The topological polar surface area (TPSA) is 68.4 Å². The maximum absolute atomic E-state index is 9.25. The third-order valence-electron chi connectivity index (χ3n) is 2.80. The first-order valence-corrected chi connectivity index (χ1v) is 5.77. The van der Waals surface area contributed by atoms with Gasteiger partial charge in [0.15, 0.2) is 0 Å². The minimum Gasteiger partial charge on any atom is -0.438 e. The molecule has 1 aromatic carbocycles. The lowest BCUT2D eigenvalue weighted by molar-refractivity contribution is 0.276. The molecule has 1 aromatic heterocycles. The molecule has 2 aromatic rings. The molecular formula is C14H16N2O2. The van der Waals surface area contributed by atoms with Gasteiger partial charge in [-0.25, -0.2) is 4.98 Å². The number of rotatable bonds is 4. The average Bonchev–Trinajstić information content (AvgIpc) is 2.40. The quantitative estimate of drug-likeness (QED) is 0.864. The Kier molecular flexibility index (Phi) is 3.92. The van der Waals surface area contributed by atoms with Gasteiger partial charge in [-0.1, -0.05) is 18.2 Å². The molecule has 4 nitrogen and oxygen atoms in total. The first kappa shape index (κ1) is 12.5. The molecule has 1 heterocycles. The largest absolute Gasteiger partial charge is 0.438 e. The SMILES string of the molecule is Cc1ccnc(Oc2ccccc2CO)c1CN. The Morgan fingerprint density at radius 1 is 1.28 bits per heavy atom. The molecule has 0 saturated carbocycles. The number of aliphatic hydroxyl groups is 1. The van der Waals surface area contributed by atoms with Crippen LogP contribution in [-0.2, 0) is 13.2 Å². The Bertz CT molecular complexity index is 541. The van der Waals surface area contributed by atoms with Crippen molar-refractivity contribution in [2.24, 2.45) is 5.73 Å². The van der Waals surface area contributed by atoms with E-state index in [1.807, 2.05) is 31.2 Å². The summed E-state index contributed by atoms with van der Waals surface area (Å²) in [5.74, 6) is 1.10. The highest BCUT2D eigenvalue weighted by Crippen LogP contribution is 2.27. The summed E-state index contributed by atoms with van der Waals surface area (Å²) in [6, 6.07) is 9.22. The maximum Gasteiger partial charge on any atom is 0.223 e. The Morgan fingerprint density at radius 2 is 2.06 bits per heavy atom. The van der Waals surface area contributed by atoms with Crippen LogP contribution in [0.25, 0.3) is 0 Å². The predicted molar refractivity (Wildman–Crippen MR) is 69.3 cm³/mol. The van der Waals surface area contributed by atoms with Crippen molar-refractivity contribution in [1.82, 2.24) is 4.98 Å². The molecule has 0 radical (unpaired) electrons. The normalized spacial score (nSPS) is 10.4. The van der Waals surface area contributed by atoms with Gasteiger partial charge in [-0.3, -0.25) is 0 Å². The summed E-state index contributed by atoms with van der Waals surface area (Å²) in [5, 5.41) is 9.25. The lowest BCUT2D eigenvalue weighted by atomic mass is 10.1. The van der Waals surface area contributed by atoms with Crippen LogP contribution in [0, 0.1) is 6.92 Å². The van der Waals surface area contributed by atoms with Gasteiger partial charge in [0.2, 0.25) is 5.88 Å². The number of nitrogens with two attached hydrogens (primary N) is 1. The van der Waals surface area contributed by atoms with Gasteiger partial charge in [0, 0.05) is 23.9 Å². The van der Waals surface area contributed by atoms with Crippen LogP contribution in [0.2, 0.25) is 0 Å². The number of ether oxygens (including phenoxy) is 1. The Morgan fingerprint density at radius 3 is 2.78 bits per heavy atom. The molecule has 0 bridgehead atoms. The molecule has 0 spiro atoms. The van der Waals surface area contributed by atoms with Crippen molar-refractivity contribution in [3.63, 3.8) is 0 Å². The number of benzene rings is 1. The first-order chi connectivity index (χ1) is 8.76. The summed E-state index contributed by atoms with van der Waals surface area (Å²) < 4.78 is 5.75. The zero-order valence-electron chi connectivity index (χ0n) is 10.3. The minimum atomic E-state index is -0.0695. The van der Waals surface area contributed by atoms with Crippen LogP contribution < -0.4 is 10.5 Å². The first-order valence-electron chi connectivity index (χ1n) is 5.77. The maximum atomic E-state index is 9.25. The molecule has 18 heavy (non-hydrogen) atoms. The molecule has 0 fully saturated rings. The summed E-state index contributed by atoms with van der Waals surface area (Å²) in [6.45, 7) is 2.27. The van der Waals surface area contributed by atoms with E-state index in [1.165, 1.54) is 0 Å². The van der Waals surface area contributed by atoms with E-state index in [4.69, 9.17) is 10.5 Å². The molecule has 94 valence electrons. The van der Waals surface area contributed by atoms with Crippen molar-refractivity contribution in [2.75, 3.05) is 0 Å². The lowest BCUT2D eigenvalue weighted by Crippen LogP contribution is -2.04. The van der Waals surface area contributed by atoms with Crippen LogP contribution in [0.4, 0.5) is 0 Å². The highest BCUT2D eigenvalue weighted by atomic mass is 16.5. The number of aryl methyl sites for hydroxylation is 1. The smallest absolute Gasteiger partial charge is 0.223 e. The molecule has 4 heteroatoms. The van der Waals surface area contributed by atoms with Gasteiger partial charge in [-0.15, -0.1) is 0 Å². The highest BCUT2D eigenvalue weighted by molar-refractivity contribution is 5.40. The fourth-order valence-electron chi connectivity index (χ4n) is 1.74. The fraction of sp³-hybridized carbons (Fsp3) is 0.214. The van der Waals surface area contributed by atoms with E-state index in [0.717, 1.165) is 16.7 Å². The van der Waals surface area contributed by atoms with Crippen LogP contribution in [0.1, 0.15) is 16.7 Å². The fourth-order valence-corrected chi connectivity index (χ4v) is 1.74. The van der Waals surface area contributed by atoms with Gasteiger partial charge in [0.25, 0.3) is 0 Å². The Balaban J connectivity index is 2.37. The zero-order chi connectivity index (χ0) is 13.0. The van der Waals surface area contributed by atoms with Gasteiger partial charge in [-0.05, 0) is 24.6 Å². The van der Waals surface area contributed by atoms with Crippen LogP contribution in [0.15, 0.2) is 36.5 Å². The van der Waals surface area contributed by atoms with Crippen LogP contribution in [-0.4, -0.2) is 10.1 Å². The van der Waals surface area contributed by atoms with E-state index in [0.29, 0.717) is 18.2 Å². The van der Waals surface area contributed by atoms with E-state index in [1.54, 1.807) is 12.3 Å². The Hall–Kier alpha value is -1.91. The standard InChI is InChI=1S/C14H16N2O2/c1-10-6-7-16-14(12(10)8-15)18-13-5-3-2-4-11(13)9-17/h2-7,17H,8-9,15H2,1H3. The average molecular weight is 244 g/mol.